The van der Waals surface area contributed by atoms with E-state index in [2.05, 4.69) is 15.2 Å². The summed E-state index contributed by atoms with van der Waals surface area (Å²) in [6.45, 7) is 1.90. The fourth-order valence-electron chi connectivity index (χ4n) is 1.92. The average Bonchev–Trinajstić information content (AvgIpc) is 2.87. The van der Waals surface area contributed by atoms with Gasteiger partial charge in [0.05, 0.1) is 11.2 Å². The number of halogens is 2. The van der Waals surface area contributed by atoms with Crippen molar-refractivity contribution in [3.63, 3.8) is 0 Å². The molecule has 4 nitrogen and oxygen atoms in total. The molecule has 106 valence electrons. The second kappa shape index (κ2) is 5.76. The normalized spacial score (nSPS) is 10.6. The Kier molecular flexibility index (Phi) is 3.82. The van der Waals surface area contributed by atoms with Crippen molar-refractivity contribution in [1.29, 1.82) is 0 Å². The van der Waals surface area contributed by atoms with Crippen LogP contribution in [-0.2, 0) is 0 Å². The fourth-order valence-corrected chi connectivity index (χ4v) is 2.42. The molecule has 0 radical (unpaired) electrons. The van der Waals surface area contributed by atoms with Gasteiger partial charge in [0.25, 0.3) is 0 Å². The molecule has 0 aliphatic carbocycles. The number of aromatic nitrogens is 3. The predicted octanol–water partition coefficient (Wildman–Crippen LogP) is 4.88. The van der Waals surface area contributed by atoms with E-state index in [9.17, 15) is 0 Å². The highest BCUT2D eigenvalue weighted by molar-refractivity contribution is 6.36. The van der Waals surface area contributed by atoms with Gasteiger partial charge in [-0.2, -0.15) is 5.10 Å². The third-order valence-corrected chi connectivity index (χ3v) is 3.42. The third kappa shape index (κ3) is 3.01. The standard InChI is InChI=1S/C15H11Cl2N3O/c1-9-3-2-4-14(19-9)21-13-8-18-20-15(13)11-6-5-10(16)7-12(11)17/h2-8H,1H3,(H,18,20). The molecule has 3 aromatic rings. The molecule has 0 unspecified atom stereocenters. The lowest BCUT2D eigenvalue weighted by Crippen LogP contribution is -1.90. The van der Waals surface area contributed by atoms with E-state index in [1.807, 2.05) is 19.1 Å². The number of pyridine rings is 1. The van der Waals surface area contributed by atoms with E-state index >= 15 is 0 Å². The van der Waals surface area contributed by atoms with Crippen LogP contribution in [0.25, 0.3) is 11.3 Å². The highest BCUT2D eigenvalue weighted by Gasteiger charge is 2.14. The molecule has 0 atom stereocenters. The van der Waals surface area contributed by atoms with E-state index in [0.717, 1.165) is 11.3 Å². The number of rotatable bonds is 3. The highest BCUT2D eigenvalue weighted by Crippen LogP contribution is 2.36. The summed E-state index contributed by atoms with van der Waals surface area (Å²) >= 11 is 12.1. The van der Waals surface area contributed by atoms with Crippen molar-refractivity contribution in [3.8, 4) is 22.9 Å². The zero-order valence-electron chi connectivity index (χ0n) is 11.1. The summed E-state index contributed by atoms with van der Waals surface area (Å²) in [5.41, 5.74) is 2.23. The lowest BCUT2D eigenvalue weighted by Gasteiger charge is -2.07. The lowest BCUT2D eigenvalue weighted by molar-refractivity contribution is 0.463. The van der Waals surface area contributed by atoms with Gasteiger partial charge in [-0.1, -0.05) is 29.3 Å². The zero-order chi connectivity index (χ0) is 14.8. The molecule has 0 saturated heterocycles. The molecule has 2 heterocycles. The minimum absolute atomic E-state index is 0.503. The lowest BCUT2D eigenvalue weighted by atomic mass is 10.1. The van der Waals surface area contributed by atoms with E-state index in [0.29, 0.717) is 27.4 Å². The van der Waals surface area contributed by atoms with Crippen LogP contribution >= 0.6 is 23.2 Å². The maximum Gasteiger partial charge on any atom is 0.219 e. The summed E-state index contributed by atoms with van der Waals surface area (Å²) in [7, 11) is 0. The number of aryl methyl sites for hydroxylation is 1. The van der Waals surface area contributed by atoms with Crippen LogP contribution in [0.2, 0.25) is 10.0 Å². The Morgan fingerprint density at radius 3 is 2.76 bits per heavy atom. The molecule has 1 aromatic carbocycles. The summed E-state index contributed by atoms with van der Waals surface area (Å²) in [5, 5.41) is 8.05. The second-order valence-electron chi connectivity index (χ2n) is 4.44. The van der Waals surface area contributed by atoms with E-state index in [1.54, 1.807) is 30.5 Å². The minimum Gasteiger partial charge on any atom is -0.435 e. The van der Waals surface area contributed by atoms with Crippen LogP contribution in [0.15, 0.2) is 42.6 Å². The molecule has 2 aromatic heterocycles. The molecule has 0 saturated carbocycles. The van der Waals surface area contributed by atoms with E-state index < -0.39 is 0 Å². The molecule has 0 bridgehead atoms. The molecule has 21 heavy (non-hydrogen) atoms. The van der Waals surface area contributed by atoms with Crippen molar-refractivity contribution in [3.05, 3.63) is 58.3 Å². The van der Waals surface area contributed by atoms with Crippen molar-refractivity contribution in [1.82, 2.24) is 15.2 Å². The van der Waals surface area contributed by atoms with Crippen LogP contribution in [0.1, 0.15) is 5.69 Å². The zero-order valence-corrected chi connectivity index (χ0v) is 12.6. The largest absolute Gasteiger partial charge is 0.435 e. The Labute approximate surface area is 131 Å². The minimum atomic E-state index is 0.503. The van der Waals surface area contributed by atoms with Gasteiger partial charge in [0, 0.05) is 22.3 Å². The van der Waals surface area contributed by atoms with Gasteiger partial charge in [0.1, 0.15) is 5.69 Å². The van der Waals surface area contributed by atoms with Gasteiger partial charge >= 0.3 is 0 Å². The Morgan fingerprint density at radius 2 is 2.00 bits per heavy atom. The predicted molar refractivity (Wildman–Crippen MR) is 83.1 cm³/mol. The maximum atomic E-state index is 6.21. The highest BCUT2D eigenvalue weighted by atomic mass is 35.5. The van der Waals surface area contributed by atoms with E-state index in [1.165, 1.54) is 0 Å². The van der Waals surface area contributed by atoms with E-state index in [4.69, 9.17) is 27.9 Å². The van der Waals surface area contributed by atoms with Crippen molar-refractivity contribution < 1.29 is 4.74 Å². The van der Waals surface area contributed by atoms with Crippen LogP contribution in [0, 0.1) is 6.92 Å². The summed E-state index contributed by atoms with van der Waals surface area (Å²) < 4.78 is 5.77. The number of hydrogen-bond acceptors (Lipinski definition) is 3. The van der Waals surface area contributed by atoms with Crippen LogP contribution < -0.4 is 4.74 Å². The molecule has 6 heteroatoms. The van der Waals surface area contributed by atoms with Crippen LogP contribution in [0.4, 0.5) is 0 Å². The van der Waals surface area contributed by atoms with Gasteiger partial charge in [-0.05, 0) is 31.2 Å². The van der Waals surface area contributed by atoms with Crippen LogP contribution in [0.3, 0.4) is 0 Å². The Balaban J connectivity index is 1.97. The monoisotopic (exact) mass is 319 g/mol. The molecule has 1 N–H and O–H groups in total. The Hall–Kier alpha value is -2.04. The van der Waals surface area contributed by atoms with Gasteiger partial charge in [-0.15, -0.1) is 0 Å². The van der Waals surface area contributed by atoms with Gasteiger partial charge < -0.3 is 4.74 Å². The topological polar surface area (TPSA) is 50.8 Å². The van der Waals surface area contributed by atoms with Gasteiger partial charge in [-0.3, -0.25) is 5.10 Å². The number of H-pyrrole nitrogens is 1. The first-order valence-corrected chi connectivity index (χ1v) is 7.00. The molecular weight excluding hydrogens is 309 g/mol. The van der Waals surface area contributed by atoms with Gasteiger partial charge in [0.2, 0.25) is 5.88 Å². The molecule has 0 aliphatic heterocycles. The third-order valence-electron chi connectivity index (χ3n) is 2.87. The van der Waals surface area contributed by atoms with Crippen LogP contribution in [0.5, 0.6) is 11.6 Å². The molecule has 3 rings (SSSR count). The average molecular weight is 320 g/mol. The Morgan fingerprint density at radius 1 is 1.14 bits per heavy atom. The molecule has 0 spiro atoms. The number of ether oxygens (including phenoxy) is 1. The van der Waals surface area contributed by atoms with Gasteiger partial charge in [0.15, 0.2) is 5.75 Å². The van der Waals surface area contributed by atoms with Gasteiger partial charge in [-0.25, -0.2) is 4.98 Å². The first kappa shape index (κ1) is 13.9. The summed E-state index contributed by atoms with van der Waals surface area (Å²) in [6.07, 6.45) is 1.66. The smallest absolute Gasteiger partial charge is 0.219 e. The van der Waals surface area contributed by atoms with Crippen molar-refractivity contribution in [2.75, 3.05) is 0 Å². The van der Waals surface area contributed by atoms with Crippen molar-refractivity contribution in [2.45, 2.75) is 6.92 Å². The Bertz CT molecular complexity index is 786. The number of hydrogen-bond donors (Lipinski definition) is 1. The second-order valence-corrected chi connectivity index (χ2v) is 5.29. The molecular formula is C15H11Cl2N3O. The number of benzene rings is 1. The molecule has 0 fully saturated rings. The fraction of sp³-hybridized carbons (Fsp3) is 0.0667. The SMILES string of the molecule is Cc1cccc(Oc2c[nH]nc2-c2ccc(Cl)cc2Cl)n1. The molecule has 0 aliphatic rings. The van der Waals surface area contributed by atoms with Crippen molar-refractivity contribution >= 4 is 23.2 Å². The summed E-state index contributed by atoms with van der Waals surface area (Å²) in [6, 6.07) is 10.8. The first-order chi connectivity index (χ1) is 10.1. The maximum absolute atomic E-state index is 6.21. The van der Waals surface area contributed by atoms with E-state index in [-0.39, 0.29) is 0 Å². The molecule has 0 amide bonds. The van der Waals surface area contributed by atoms with Crippen LogP contribution in [-0.4, -0.2) is 15.2 Å². The summed E-state index contributed by atoms with van der Waals surface area (Å²) in [5.74, 6) is 1.06. The number of nitrogens with zero attached hydrogens (tertiary/aromatic N) is 2. The van der Waals surface area contributed by atoms with Crippen molar-refractivity contribution in [2.24, 2.45) is 0 Å². The summed E-state index contributed by atoms with van der Waals surface area (Å²) in [4.78, 5) is 4.30. The number of aromatic amines is 1. The quantitative estimate of drug-likeness (QED) is 0.748. The first-order valence-electron chi connectivity index (χ1n) is 6.24. The number of nitrogens with one attached hydrogen (secondary N) is 1.